The number of rotatable bonds is 7. The predicted octanol–water partition coefficient (Wildman–Crippen LogP) is 4.57. The van der Waals surface area contributed by atoms with E-state index in [2.05, 4.69) is 60.4 Å². The Morgan fingerprint density at radius 1 is 1.18 bits per heavy atom. The van der Waals surface area contributed by atoms with Gasteiger partial charge in [0.25, 0.3) is 0 Å². The molecule has 0 aliphatic rings. The van der Waals surface area contributed by atoms with E-state index >= 15 is 0 Å². The average molecular weight is 318 g/mol. The van der Waals surface area contributed by atoms with Crippen molar-refractivity contribution in [2.45, 2.75) is 34.1 Å². The molecule has 1 heterocycles. The average Bonchev–Trinajstić information content (AvgIpc) is 2.63. The maximum absolute atomic E-state index is 3.61. The first kappa shape index (κ1) is 15.2. The lowest BCUT2D eigenvalue weighted by molar-refractivity contribution is 0.358. The lowest BCUT2D eigenvalue weighted by atomic mass is 9.92. The SMILES string of the molecule is CC(C)CNCC(C)C(C)Cc1sccc1Br. The molecule has 1 rings (SSSR count). The van der Waals surface area contributed by atoms with E-state index in [9.17, 15) is 0 Å². The number of nitrogens with one attached hydrogen (secondary N) is 1. The van der Waals surface area contributed by atoms with Gasteiger partial charge in [0.15, 0.2) is 0 Å². The molecule has 0 spiro atoms. The van der Waals surface area contributed by atoms with Gasteiger partial charge in [0, 0.05) is 9.35 Å². The Labute approximate surface area is 118 Å². The minimum atomic E-state index is 0.725. The van der Waals surface area contributed by atoms with Crippen LogP contribution in [0, 0.1) is 17.8 Å². The minimum absolute atomic E-state index is 0.725. The molecule has 0 saturated carbocycles. The molecule has 0 aliphatic heterocycles. The molecular weight excluding hydrogens is 294 g/mol. The summed E-state index contributed by atoms with van der Waals surface area (Å²) < 4.78 is 1.27. The Balaban J connectivity index is 2.32. The monoisotopic (exact) mass is 317 g/mol. The van der Waals surface area contributed by atoms with Crippen molar-refractivity contribution in [3.63, 3.8) is 0 Å². The first-order chi connectivity index (χ1) is 8.00. The summed E-state index contributed by atoms with van der Waals surface area (Å²) in [6.07, 6.45) is 1.18. The topological polar surface area (TPSA) is 12.0 Å². The van der Waals surface area contributed by atoms with Crippen molar-refractivity contribution >= 4 is 27.3 Å². The van der Waals surface area contributed by atoms with Crippen LogP contribution in [0.1, 0.15) is 32.6 Å². The summed E-state index contributed by atoms with van der Waals surface area (Å²) in [5.74, 6) is 2.19. The quantitative estimate of drug-likeness (QED) is 0.776. The van der Waals surface area contributed by atoms with E-state index < -0.39 is 0 Å². The molecule has 0 amide bonds. The van der Waals surface area contributed by atoms with Gasteiger partial charge in [-0.05, 0) is 64.6 Å². The van der Waals surface area contributed by atoms with Gasteiger partial charge in [-0.15, -0.1) is 11.3 Å². The van der Waals surface area contributed by atoms with E-state index in [4.69, 9.17) is 0 Å². The van der Waals surface area contributed by atoms with Gasteiger partial charge in [-0.3, -0.25) is 0 Å². The third kappa shape index (κ3) is 5.54. The van der Waals surface area contributed by atoms with Gasteiger partial charge in [0.2, 0.25) is 0 Å². The highest BCUT2D eigenvalue weighted by Crippen LogP contribution is 2.27. The zero-order valence-corrected chi connectivity index (χ0v) is 13.7. The van der Waals surface area contributed by atoms with Gasteiger partial charge in [0.1, 0.15) is 0 Å². The lowest BCUT2D eigenvalue weighted by Crippen LogP contribution is -2.28. The molecule has 0 saturated heterocycles. The Morgan fingerprint density at radius 2 is 1.88 bits per heavy atom. The van der Waals surface area contributed by atoms with Crippen molar-refractivity contribution in [1.82, 2.24) is 5.32 Å². The van der Waals surface area contributed by atoms with Gasteiger partial charge >= 0.3 is 0 Å². The second kappa shape index (κ2) is 7.55. The number of hydrogen-bond donors (Lipinski definition) is 1. The van der Waals surface area contributed by atoms with Crippen LogP contribution in [0.25, 0.3) is 0 Å². The van der Waals surface area contributed by atoms with E-state index in [-0.39, 0.29) is 0 Å². The van der Waals surface area contributed by atoms with Crippen LogP contribution in [0.5, 0.6) is 0 Å². The molecule has 17 heavy (non-hydrogen) atoms. The van der Waals surface area contributed by atoms with E-state index in [1.54, 1.807) is 0 Å². The third-order valence-electron chi connectivity index (χ3n) is 3.19. The number of halogens is 1. The van der Waals surface area contributed by atoms with E-state index in [0.717, 1.165) is 30.8 Å². The predicted molar refractivity (Wildman–Crippen MR) is 81.8 cm³/mol. The van der Waals surface area contributed by atoms with Crippen LogP contribution in [0.3, 0.4) is 0 Å². The van der Waals surface area contributed by atoms with Gasteiger partial charge in [-0.1, -0.05) is 27.7 Å². The smallest absolute Gasteiger partial charge is 0.0314 e. The summed E-state index contributed by atoms with van der Waals surface area (Å²) in [4.78, 5) is 1.48. The standard InChI is InChI=1S/C14H24BrNS/c1-10(2)8-16-9-12(4)11(3)7-14-13(15)5-6-17-14/h5-6,10-12,16H,7-9H2,1-4H3. The highest BCUT2D eigenvalue weighted by molar-refractivity contribution is 9.10. The van der Waals surface area contributed by atoms with Crippen molar-refractivity contribution < 1.29 is 0 Å². The van der Waals surface area contributed by atoms with Crippen LogP contribution >= 0.6 is 27.3 Å². The molecule has 0 bridgehead atoms. The minimum Gasteiger partial charge on any atom is -0.316 e. The third-order valence-corrected chi connectivity index (χ3v) is 5.14. The van der Waals surface area contributed by atoms with Gasteiger partial charge < -0.3 is 5.32 Å². The molecule has 1 nitrogen and oxygen atoms in total. The highest BCUT2D eigenvalue weighted by Gasteiger charge is 2.14. The first-order valence-corrected chi connectivity index (χ1v) is 8.10. The van der Waals surface area contributed by atoms with Gasteiger partial charge in [0.05, 0.1) is 0 Å². The molecule has 1 aromatic heterocycles. The second-order valence-corrected chi connectivity index (χ2v) is 7.26. The fraction of sp³-hybridized carbons (Fsp3) is 0.714. The Kier molecular flexibility index (Phi) is 6.75. The zero-order chi connectivity index (χ0) is 12.8. The molecule has 1 aromatic rings. The van der Waals surface area contributed by atoms with Crippen molar-refractivity contribution in [3.05, 3.63) is 20.8 Å². The molecule has 0 fully saturated rings. The molecule has 3 heteroatoms. The molecule has 2 atom stereocenters. The maximum Gasteiger partial charge on any atom is 0.0314 e. The zero-order valence-electron chi connectivity index (χ0n) is 11.3. The van der Waals surface area contributed by atoms with Gasteiger partial charge in [-0.25, -0.2) is 0 Å². The van der Waals surface area contributed by atoms with Gasteiger partial charge in [-0.2, -0.15) is 0 Å². The maximum atomic E-state index is 3.61. The van der Waals surface area contributed by atoms with Crippen LogP contribution < -0.4 is 5.32 Å². The van der Waals surface area contributed by atoms with Crippen LogP contribution in [0.2, 0.25) is 0 Å². The number of thiophene rings is 1. The van der Waals surface area contributed by atoms with Crippen molar-refractivity contribution in [3.8, 4) is 0 Å². The van der Waals surface area contributed by atoms with Crippen LogP contribution in [-0.2, 0) is 6.42 Å². The molecule has 0 radical (unpaired) electrons. The molecule has 2 unspecified atom stereocenters. The normalized spacial score (nSPS) is 15.2. The summed E-state index contributed by atoms with van der Waals surface area (Å²) in [5.41, 5.74) is 0. The van der Waals surface area contributed by atoms with Crippen molar-refractivity contribution in [1.29, 1.82) is 0 Å². The summed E-state index contributed by atoms with van der Waals surface area (Å²) in [6.45, 7) is 11.5. The van der Waals surface area contributed by atoms with Crippen molar-refractivity contribution in [2.75, 3.05) is 13.1 Å². The lowest BCUT2D eigenvalue weighted by Gasteiger charge is -2.20. The summed E-state index contributed by atoms with van der Waals surface area (Å²) in [5, 5.41) is 5.71. The van der Waals surface area contributed by atoms with E-state index in [1.807, 2.05) is 11.3 Å². The summed E-state index contributed by atoms with van der Waals surface area (Å²) >= 11 is 5.47. The fourth-order valence-electron chi connectivity index (χ4n) is 1.77. The number of hydrogen-bond acceptors (Lipinski definition) is 2. The molecule has 0 aromatic carbocycles. The molecule has 98 valence electrons. The van der Waals surface area contributed by atoms with Crippen LogP contribution in [0.15, 0.2) is 15.9 Å². The summed E-state index contributed by atoms with van der Waals surface area (Å²) in [6, 6.07) is 2.15. The molecule has 1 N–H and O–H groups in total. The van der Waals surface area contributed by atoms with Crippen molar-refractivity contribution in [2.24, 2.45) is 17.8 Å². The van der Waals surface area contributed by atoms with Crippen LogP contribution in [-0.4, -0.2) is 13.1 Å². The highest BCUT2D eigenvalue weighted by atomic mass is 79.9. The molecular formula is C14H24BrNS. The molecule has 0 aliphatic carbocycles. The Morgan fingerprint density at radius 3 is 2.41 bits per heavy atom. The first-order valence-electron chi connectivity index (χ1n) is 6.43. The van der Waals surface area contributed by atoms with E-state index in [1.165, 1.54) is 15.8 Å². The largest absolute Gasteiger partial charge is 0.316 e. The summed E-state index contributed by atoms with van der Waals surface area (Å²) in [7, 11) is 0. The fourth-order valence-corrected chi connectivity index (χ4v) is 3.42. The van der Waals surface area contributed by atoms with E-state index in [0.29, 0.717) is 0 Å². The Hall–Kier alpha value is 0.140. The van der Waals surface area contributed by atoms with Crippen LogP contribution in [0.4, 0.5) is 0 Å². The second-order valence-electron chi connectivity index (χ2n) is 5.40. The Bertz CT molecular complexity index is 322.